The molecule has 2 amide bonds. The monoisotopic (exact) mass is 490 g/mol. The Morgan fingerprint density at radius 2 is 1.77 bits per heavy atom. The lowest BCUT2D eigenvalue weighted by atomic mass is 10.2. The minimum atomic E-state index is -0.472. The van der Waals surface area contributed by atoms with Crippen LogP contribution in [0.3, 0.4) is 0 Å². The van der Waals surface area contributed by atoms with Crippen LogP contribution in [0.5, 0.6) is 5.75 Å². The number of fused-ring (bicyclic) bond motifs is 1. The number of ether oxygens (including phenoxy) is 1. The molecule has 9 heteroatoms. The van der Waals surface area contributed by atoms with Gasteiger partial charge in [-0.2, -0.15) is 4.98 Å². The number of carbonyl (C=O) groups is 2. The molecule has 8 nitrogen and oxygen atoms in total. The number of methoxy groups -OCH3 is 1. The first-order chi connectivity index (χ1) is 16.9. The van der Waals surface area contributed by atoms with Gasteiger partial charge >= 0.3 is 0 Å². The van der Waals surface area contributed by atoms with Crippen LogP contribution in [0.4, 0.5) is 5.82 Å². The van der Waals surface area contributed by atoms with Gasteiger partial charge in [0.1, 0.15) is 17.3 Å². The van der Waals surface area contributed by atoms with Crippen LogP contribution in [0, 0.1) is 13.8 Å². The number of furan rings is 1. The number of amides is 2. The Hall–Kier alpha value is -3.85. The Morgan fingerprint density at radius 3 is 2.46 bits per heavy atom. The second kappa shape index (κ2) is 10.6. The molecule has 0 bridgehead atoms. The van der Waals surface area contributed by atoms with Crippen molar-refractivity contribution in [2.24, 2.45) is 0 Å². The van der Waals surface area contributed by atoms with E-state index >= 15 is 0 Å². The van der Waals surface area contributed by atoms with E-state index in [4.69, 9.17) is 9.15 Å². The van der Waals surface area contributed by atoms with Gasteiger partial charge in [-0.05, 0) is 50.6 Å². The first kappa shape index (κ1) is 24.3. The van der Waals surface area contributed by atoms with Crippen molar-refractivity contribution in [1.29, 1.82) is 0 Å². The lowest BCUT2D eigenvalue weighted by Crippen LogP contribution is -2.30. The number of carbonyl (C=O) groups excluding carboxylic acids is 2. The second-order valence-corrected chi connectivity index (χ2v) is 9.27. The van der Waals surface area contributed by atoms with E-state index in [0.717, 1.165) is 16.9 Å². The maximum atomic E-state index is 12.8. The normalized spacial score (nSPS) is 11.8. The van der Waals surface area contributed by atoms with Crippen molar-refractivity contribution >= 4 is 40.5 Å². The van der Waals surface area contributed by atoms with E-state index in [2.05, 4.69) is 20.6 Å². The first-order valence-corrected chi connectivity index (χ1v) is 11.9. The van der Waals surface area contributed by atoms with Crippen LogP contribution < -0.4 is 15.4 Å². The Balaban J connectivity index is 1.51. The molecule has 180 valence electrons. The molecule has 1 unspecified atom stereocenters. The number of benzene rings is 2. The number of aryl methyl sites for hydroxylation is 2. The second-order valence-electron chi connectivity index (χ2n) is 7.96. The Bertz CT molecular complexity index is 1350. The van der Waals surface area contributed by atoms with Crippen molar-refractivity contribution in [2.75, 3.05) is 12.4 Å². The predicted octanol–water partition coefficient (Wildman–Crippen LogP) is 4.90. The highest BCUT2D eigenvalue weighted by Crippen LogP contribution is 2.32. The van der Waals surface area contributed by atoms with Crippen molar-refractivity contribution in [2.45, 2.75) is 37.7 Å². The summed E-state index contributed by atoms with van der Waals surface area (Å²) in [6.45, 7) is 5.90. The molecule has 0 aliphatic rings. The van der Waals surface area contributed by atoms with E-state index in [-0.39, 0.29) is 11.8 Å². The fraction of sp³-hybridized carbons (Fsp3) is 0.231. The van der Waals surface area contributed by atoms with E-state index in [1.165, 1.54) is 11.8 Å². The number of thioether (sulfide) groups is 1. The zero-order chi connectivity index (χ0) is 24.9. The fourth-order valence-electron chi connectivity index (χ4n) is 3.43. The summed E-state index contributed by atoms with van der Waals surface area (Å²) in [5.41, 5.74) is 2.69. The van der Waals surface area contributed by atoms with Gasteiger partial charge in [0, 0.05) is 17.7 Å². The average Bonchev–Trinajstić information content (AvgIpc) is 3.16. The van der Waals surface area contributed by atoms with Gasteiger partial charge in [-0.3, -0.25) is 9.59 Å². The molecule has 0 aliphatic heterocycles. The van der Waals surface area contributed by atoms with Crippen LogP contribution in [0.15, 0.2) is 64.2 Å². The van der Waals surface area contributed by atoms with E-state index in [1.54, 1.807) is 38.3 Å². The zero-order valence-electron chi connectivity index (χ0n) is 19.9. The number of nitrogens with one attached hydrogen (secondary N) is 2. The summed E-state index contributed by atoms with van der Waals surface area (Å²) in [5, 5.41) is 6.32. The molecule has 0 spiro atoms. The highest BCUT2D eigenvalue weighted by Gasteiger charge is 2.22. The molecule has 2 aromatic carbocycles. The molecule has 4 rings (SSSR count). The van der Waals surface area contributed by atoms with E-state index < -0.39 is 5.25 Å². The highest BCUT2D eigenvalue weighted by molar-refractivity contribution is 8.00. The summed E-state index contributed by atoms with van der Waals surface area (Å²) in [6.07, 6.45) is 0. The third kappa shape index (κ3) is 5.63. The van der Waals surface area contributed by atoms with E-state index in [1.807, 2.05) is 44.2 Å². The molecule has 4 aromatic rings. The Morgan fingerprint density at radius 1 is 1.06 bits per heavy atom. The quantitative estimate of drug-likeness (QED) is 0.267. The Labute approximate surface area is 207 Å². The maximum Gasteiger partial charge on any atom is 0.256 e. The van der Waals surface area contributed by atoms with Crippen LogP contribution in [0.25, 0.3) is 11.1 Å². The van der Waals surface area contributed by atoms with Crippen molar-refractivity contribution < 1.29 is 18.7 Å². The summed E-state index contributed by atoms with van der Waals surface area (Å²) in [6, 6.07) is 16.4. The number of hydrogen-bond acceptors (Lipinski definition) is 7. The molecule has 2 N–H and O–H groups in total. The van der Waals surface area contributed by atoms with Crippen molar-refractivity contribution in [3.63, 3.8) is 0 Å². The van der Waals surface area contributed by atoms with Gasteiger partial charge in [-0.25, -0.2) is 4.98 Å². The third-order valence-electron chi connectivity index (χ3n) is 5.55. The number of anilines is 1. The van der Waals surface area contributed by atoms with Gasteiger partial charge in [0.15, 0.2) is 5.16 Å². The molecule has 0 saturated heterocycles. The van der Waals surface area contributed by atoms with Gasteiger partial charge in [0.25, 0.3) is 5.91 Å². The highest BCUT2D eigenvalue weighted by atomic mass is 32.2. The molecule has 0 radical (unpaired) electrons. The molecule has 2 aromatic heterocycles. The summed E-state index contributed by atoms with van der Waals surface area (Å²) < 4.78 is 11.0. The SMILES string of the molecule is COc1ccc(CNC(=O)C(C)Sc2nc(NC(=O)c3ccccc3)c3c(C)c(C)oc3n2)cc1. The van der Waals surface area contributed by atoms with Crippen LogP contribution in [-0.4, -0.2) is 34.1 Å². The lowest BCUT2D eigenvalue weighted by Gasteiger charge is -2.13. The van der Waals surface area contributed by atoms with Crippen LogP contribution in [0.1, 0.15) is 34.2 Å². The number of aromatic nitrogens is 2. The molecule has 0 aliphatic carbocycles. The minimum absolute atomic E-state index is 0.156. The van der Waals surface area contributed by atoms with Crippen molar-refractivity contribution in [3.8, 4) is 5.75 Å². The smallest absolute Gasteiger partial charge is 0.256 e. The molecular formula is C26H26N4O4S. The van der Waals surface area contributed by atoms with Crippen molar-refractivity contribution in [1.82, 2.24) is 15.3 Å². The molecule has 0 saturated carbocycles. The van der Waals surface area contributed by atoms with Crippen LogP contribution in [-0.2, 0) is 11.3 Å². The molecule has 2 heterocycles. The van der Waals surface area contributed by atoms with E-state index in [0.29, 0.717) is 39.9 Å². The molecular weight excluding hydrogens is 464 g/mol. The Kier molecular flexibility index (Phi) is 7.36. The number of hydrogen-bond donors (Lipinski definition) is 2. The minimum Gasteiger partial charge on any atom is -0.497 e. The average molecular weight is 491 g/mol. The molecule has 35 heavy (non-hydrogen) atoms. The summed E-state index contributed by atoms with van der Waals surface area (Å²) >= 11 is 1.19. The lowest BCUT2D eigenvalue weighted by molar-refractivity contribution is -0.120. The van der Waals surface area contributed by atoms with Crippen LogP contribution in [0.2, 0.25) is 0 Å². The largest absolute Gasteiger partial charge is 0.497 e. The molecule has 1 atom stereocenters. The number of rotatable bonds is 8. The van der Waals surface area contributed by atoms with Gasteiger partial charge in [-0.1, -0.05) is 42.1 Å². The fourth-order valence-corrected chi connectivity index (χ4v) is 4.22. The maximum absolute atomic E-state index is 12.8. The first-order valence-electron chi connectivity index (χ1n) is 11.1. The summed E-state index contributed by atoms with van der Waals surface area (Å²) in [7, 11) is 1.61. The van der Waals surface area contributed by atoms with Crippen LogP contribution >= 0.6 is 11.8 Å². The van der Waals surface area contributed by atoms with Gasteiger partial charge in [0.05, 0.1) is 17.7 Å². The summed E-state index contributed by atoms with van der Waals surface area (Å²) in [5.74, 6) is 1.36. The third-order valence-corrected chi connectivity index (χ3v) is 6.51. The van der Waals surface area contributed by atoms with Crippen molar-refractivity contribution in [3.05, 3.63) is 77.0 Å². The van der Waals surface area contributed by atoms with Gasteiger partial charge < -0.3 is 19.8 Å². The standard InChI is InChI=1S/C26H26N4O4S/c1-15-16(2)34-25-21(15)22(28-24(32)19-8-6-5-7-9-19)29-26(30-25)35-17(3)23(31)27-14-18-10-12-20(33-4)13-11-18/h5-13,17H,14H2,1-4H3,(H,27,31)(H,28,29,30,32). The predicted molar refractivity (Wildman–Crippen MR) is 136 cm³/mol. The zero-order valence-corrected chi connectivity index (χ0v) is 20.7. The molecule has 0 fully saturated rings. The van der Waals surface area contributed by atoms with Gasteiger partial charge in [-0.15, -0.1) is 0 Å². The van der Waals surface area contributed by atoms with E-state index in [9.17, 15) is 9.59 Å². The topological polar surface area (TPSA) is 106 Å². The summed E-state index contributed by atoms with van der Waals surface area (Å²) in [4.78, 5) is 34.6. The number of nitrogens with zero attached hydrogens (tertiary/aromatic N) is 2. The van der Waals surface area contributed by atoms with Gasteiger partial charge in [0.2, 0.25) is 11.6 Å².